The predicted octanol–water partition coefficient (Wildman–Crippen LogP) is 1.01. The van der Waals surface area contributed by atoms with Crippen LogP contribution in [0.5, 0.6) is 0 Å². The Morgan fingerprint density at radius 1 is 1.42 bits per heavy atom. The second kappa shape index (κ2) is 4.68. The Balaban J connectivity index is 2.52. The number of thiophene rings is 1. The third-order valence-electron chi connectivity index (χ3n) is 2.78. The van der Waals surface area contributed by atoms with Gasteiger partial charge in [-0.2, -0.15) is 0 Å². The minimum absolute atomic E-state index is 0.0503. The molecule has 106 valence electrons. The summed E-state index contributed by atoms with van der Waals surface area (Å²) < 4.78 is 23.7. The van der Waals surface area contributed by atoms with Crippen LogP contribution in [0.4, 0.5) is 10.7 Å². The summed E-state index contributed by atoms with van der Waals surface area (Å²) in [7, 11) is -0.255. The zero-order chi connectivity index (χ0) is 14.4. The van der Waals surface area contributed by atoms with Gasteiger partial charge in [-0.3, -0.25) is 4.79 Å². The molecule has 0 unspecified atom stereocenters. The van der Waals surface area contributed by atoms with Crippen molar-refractivity contribution < 1.29 is 13.2 Å². The van der Waals surface area contributed by atoms with E-state index in [1.54, 1.807) is 14.1 Å². The Labute approximate surface area is 116 Å². The maximum atomic E-state index is 12.0. The molecular formula is C11H17N3O3S2. The summed E-state index contributed by atoms with van der Waals surface area (Å²) >= 11 is 1.11. The highest BCUT2D eigenvalue weighted by molar-refractivity contribution is 7.91. The number of nitrogens with two attached hydrogens (primary N) is 1. The molecule has 1 aliphatic carbocycles. The van der Waals surface area contributed by atoms with Crippen molar-refractivity contribution in [1.29, 1.82) is 0 Å². The van der Waals surface area contributed by atoms with Gasteiger partial charge in [-0.15, -0.1) is 11.3 Å². The van der Waals surface area contributed by atoms with Crippen LogP contribution >= 0.6 is 11.3 Å². The molecule has 0 atom stereocenters. The van der Waals surface area contributed by atoms with E-state index in [-0.39, 0.29) is 21.4 Å². The fourth-order valence-electron chi connectivity index (χ4n) is 1.67. The molecule has 1 amide bonds. The van der Waals surface area contributed by atoms with Gasteiger partial charge in [-0.25, -0.2) is 8.42 Å². The summed E-state index contributed by atoms with van der Waals surface area (Å²) in [5.41, 5.74) is 5.92. The third kappa shape index (κ3) is 2.84. The molecule has 0 aromatic carbocycles. The molecule has 0 saturated heterocycles. The average molecular weight is 303 g/mol. The number of carbonyl (C=O) groups is 1. The van der Waals surface area contributed by atoms with Gasteiger partial charge in [0.2, 0.25) is 0 Å². The number of rotatable bonds is 4. The second-order valence-electron chi connectivity index (χ2n) is 4.89. The normalized spacial score (nSPS) is 15.3. The highest BCUT2D eigenvalue weighted by atomic mass is 32.2. The lowest BCUT2D eigenvalue weighted by molar-refractivity contribution is 0.0833. The number of nitrogen functional groups attached to an aromatic ring is 1. The lowest BCUT2D eigenvalue weighted by atomic mass is 10.3. The number of sulfone groups is 1. The summed E-state index contributed by atoms with van der Waals surface area (Å²) in [6.45, 7) is 0. The van der Waals surface area contributed by atoms with Crippen molar-refractivity contribution in [2.24, 2.45) is 0 Å². The maximum absolute atomic E-state index is 12.0. The Hall–Kier alpha value is -1.28. The first-order chi connectivity index (χ1) is 8.71. The molecule has 1 heterocycles. The van der Waals surface area contributed by atoms with Crippen molar-refractivity contribution in [3.05, 3.63) is 4.88 Å². The SMILES string of the molecule is CN(C)C(=O)c1sc(NC2CC2)c(S(C)(=O)=O)c1N. The Bertz CT molecular complexity index is 615. The van der Waals surface area contributed by atoms with E-state index in [1.807, 2.05) is 0 Å². The fraction of sp³-hybridized carbons (Fsp3) is 0.545. The molecule has 8 heteroatoms. The van der Waals surface area contributed by atoms with Crippen molar-refractivity contribution in [3.63, 3.8) is 0 Å². The van der Waals surface area contributed by atoms with Gasteiger partial charge in [-0.1, -0.05) is 0 Å². The first kappa shape index (κ1) is 14.1. The van der Waals surface area contributed by atoms with Gasteiger partial charge in [0.1, 0.15) is 14.8 Å². The summed E-state index contributed by atoms with van der Waals surface area (Å²) in [5.74, 6) is -0.281. The molecule has 0 radical (unpaired) electrons. The first-order valence-electron chi connectivity index (χ1n) is 5.82. The molecular weight excluding hydrogens is 286 g/mol. The standard InChI is InChI=1S/C11H17N3O3S2/c1-14(2)11(15)8-7(12)9(19(3,16)17)10(18-8)13-6-4-5-6/h6,13H,4-5,12H2,1-3H3. The Morgan fingerprint density at radius 3 is 2.42 bits per heavy atom. The first-order valence-corrected chi connectivity index (χ1v) is 8.53. The number of hydrogen-bond acceptors (Lipinski definition) is 6. The number of amides is 1. The van der Waals surface area contributed by atoms with E-state index >= 15 is 0 Å². The van der Waals surface area contributed by atoms with Gasteiger partial charge in [0, 0.05) is 26.4 Å². The van der Waals surface area contributed by atoms with Gasteiger partial charge in [0.05, 0.1) is 5.69 Å². The Kier molecular flexibility index (Phi) is 3.48. The zero-order valence-corrected chi connectivity index (χ0v) is 12.7. The van der Waals surface area contributed by atoms with Gasteiger partial charge in [0.25, 0.3) is 5.91 Å². The molecule has 1 aromatic heterocycles. The van der Waals surface area contributed by atoms with Crippen LogP contribution in [0, 0.1) is 0 Å². The molecule has 1 saturated carbocycles. The van der Waals surface area contributed by atoms with Crippen molar-refractivity contribution in [1.82, 2.24) is 4.90 Å². The molecule has 19 heavy (non-hydrogen) atoms. The van der Waals surface area contributed by atoms with E-state index in [2.05, 4.69) is 5.32 Å². The highest BCUT2D eigenvalue weighted by Crippen LogP contribution is 2.41. The van der Waals surface area contributed by atoms with Gasteiger partial charge < -0.3 is 16.0 Å². The topological polar surface area (TPSA) is 92.5 Å². The van der Waals surface area contributed by atoms with Crippen LogP contribution in [0.15, 0.2) is 4.90 Å². The largest absolute Gasteiger partial charge is 0.396 e. The molecule has 0 aliphatic heterocycles. The lowest BCUT2D eigenvalue weighted by Gasteiger charge is -2.08. The van der Waals surface area contributed by atoms with Crippen LogP contribution in [0.2, 0.25) is 0 Å². The monoisotopic (exact) mass is 303 g/mol. The molecule has 1 aromatic rings. The summed E-state index contributed by atoms with van der Waals surface area (Å²) in [4.78, 5) is 13.7. The summed E-state index contributed by atoms with van der Waals surface area (Å²) in [6, 6.07) is 0.292. The van der Waals surface area contributed by atoms with E-state index < -0.39 is 9.84 Å². The molecule has 1 aliphatic rings. The van der Waals surface area contributed by atoms with Gasteiger partial charge in [-0.05, 0) is 12.8 Å². The van der Waals surface area contributed by atoms with Crippen LogP contribution in [0.3, 0.4) is 0 Å². The van der Waals surface area contributed by atoms with E-state index in [0.717, 1.165) is 30.4 Å². The van der Waals surface area contributed by atoms with E-state index in [0.29, 0.717) is 11.0 Å². The second-order valence-corrected chi connectivity index (χ2v) is 7.87. The van der Waals surface area contributed by atoms with Crippen LogP contribution in [-0.2, 0) is 9.84 Å². The summed E-state index contributed by atoms with van der Waals surface area (Å²) in [5, 5.41) is 3.61. The minimum Gasteiger partial charge on any atom is -0.396 e. The van der Waals surface area contributed by atoms with Crippen LogP contribution < -0.4 is 11.1 Å². The fourth-order valence-corrected chi connectivity index (χ4v) is 4.32. The van der Waals surface area contributed by atoms with Crippen molar-refractivity contribution >= 4 is 37.8 Å². The van der Waals surface area contributed by atoms with E-state index in [4.69, 9.17) is 5.73 Å². The molecule has 3 N–H and O–H groups in total. The van der Waals surface area contributed by atoms with Gasteiger partial charge >= 0.3 is 0 Å². The highest BCUT2D eigenvalue weighted by Gasteiger charge is 2.31. The number of nitrogens with one attached hydrogen (secondary N) is 1. The third-order valence-corrected chi connectivity index (χ3v) is 5.20. The summed E-state index contributed by atoms with van der Waals surface area (Å²) in [6.07, 6.45) is 3.13. The molecule has 0 bridgehead atoms. The molecule has 6 nitrogen and oxygen atoms in total. The van der Waals surface area contributed by atoms with Crippen LogP contribution in [-0.4, -0.2) is 45.6 Å². The molecule has 1 fully saturated rings. The smallest absolute Gasteiger partial charge is 0.265 e. The number of anilines is 2. The van der Waals surface area contributed by atoms with Crippen molar-refractivity contribution in [3.8, 4) is 0 Å². The van der Waals surface area contributed by atoms with E-state index in [1.165, 1.54) is 4.90 Å². The van der Waals surface area contributed by atoms with E-state index in [9.17, 15) is 13.2 Å². The maximum Gasteiger partial charge on any atom is 0.265 e. The number of nitrogens with zero attached hydrogens (tertiary/aromatic N) is 1. The van der Waals surface area contributed by atoms with Crippen molar-refractivity contribution in [2.45, 2.75) is 23.8 Å². The lowest BCUT2D eigenvalue weighted by Crippen LogP contribution is -2.21. The average Bonchev–Trinajstić information content (AvgIpc) is 2.99. The van der Waals surface area contributed by atoms with Crippen LogP contribution in [0.25, 0.3) is 0 Å². The number of hydrogen-bond donors (Lipinski definition) is 2. The predicted molar refractivity (Wildman–Crippen MR) is 76.5 cm³/mol. The quantitative estimate of drug-likeness (QED) is 0.866. The molecule has 0 spiro atoms. The molecule has 2 rings (SSSR count). The Morgan fingerprint density at radius 2 is 2.00 bits per heavy atom. The zero-order valence-electron chi connectivity index (χ0n) is 11.1. The van der Waals surface area contributed by atoms with Gasteiger partial charge in [0.15, 0.2) is 9.84 Å². The number of carbonyl (C=O) groups excluding carboxylic acids is 1. The van der Waals surface area contributed by atoms with Crippen molar-refractivity contribution in [2.75, 3.05) is 31.4 Å². The minimum atomic E-state index is -3.47. The van der Waals surface area contributed by atoms with Crippen LogP contribution in [0.1, 0.15) is 22.5 Å².